The Morgan fingerprint density at radius 2 is 2.13 bits per heavy atom. The summed E-state index contributed by atoms with van der Waals surface area (Å²) in [7, 11) is 1.58. The van der Waals surface area contributed by atoms with Gasteiger partial charge in [0.05, 0.1) is 12.0 Å². The SMILES string of the molecule is COc1ccccc1/C=C1\SC(=S)N(CCCCC(=O)O)C1=O. The first-order valence-electron chi connectivity index (χ1n) is 7.13. The van der Waals surface area contributed by atoms with E-state index in [4.69, 9.17) is 22.1 Å². The van der Waals surface area contributed by atoms with E-state index in [1.54, 1.807) is 13.2 Å². The number of carboxylic acid groups (broad SMARTS) is 1. The zero-order valence-corrected chi connectivity index (χ0v) is 14.3. The third-order valence-electron chi connectivity index (χ3n) is 3.32. The normalized spacial score (nSPS) is 16.2. The molecule has 1 aliphatic heterocycles. The van der Waals surface area contributed by atoms with Crippen LogP contribution in [0.2, 0.25) is 0 Å². The molecule has 0 unspecified atom stereocenters. The Labute approximate surface area is 144 Å². The van der Waals surface area contributed by atoms with Gasteiger partial charge in [0.25, 0.3) is 5.91 Å². The van der Waals surface area contributed by atoms with Crippen LogP contribution in [0, 0.1) is 0 Å². The van der Waals surface area contributed by atoms with Crippen molar-refractivity contribution < 1.29 is 19.4 Å². The highest BCUT2D eigenvalue weighted by molar-refractivity contribution is 8.26. The van der Waals surface area contributed by atoms with Gasteiger partial charge in [-0.1, -0.05) is 42.2 Å². The predicted molar refractivity (Wildman–Crippen MR) is 94.4 cm³/mol. The summed E-state index contributed by atoms with van der Waals surface area (Å²) in [4.78, 5) is 25.0. The van der Waals surface area contributed by atoms with Gasteiger partial charge >= 0.3 is 5.97 Å². The monoisotopic (exact) mass is 351 g/mol. The number of ether oxygens (including phenoxy) is 1. The second kappa shape index (κ2) is 8.12. The van der Waals surface area contributed by atoms with Gasteiger partial charge in [-0.3, -0.25) is 14.5 Å². The second-order valence-corrected chi connectivity index (χ2v) is 6.60. The van der Waals surface area contributed by atoms with Crippen LogP contribution < -0.4 is 4.74 Å². The molecule has 0 spiro atoms. The Bertz CT molecular complexity index is 657. The van der Waals surface area contributed by atoms with E-state index in [-0.39, 0.29) is 12.3 Å². The molecule has 1 aromatic rings. The van der Waals surface area contributed by atoms with Crippen LogP contribution in [0.5, 0.6) is 5.75 Å². The zero-order valence-electron chi connectivity index (χ0n) is 12.7. The number of methoxy groups -OCH3 is 1. The molecule has 1 fully saturated rings. The van der Waals surface area contributed by atoms with Crippen molar-refractivity contribution in [3.63, 3.8) is 0 Å². The first-order valence-corrected chi connectivity index (χ1v) is 8.35. The van der Waals surface area contributed by atoms with Gasteiger partial charge in [-0.2, -0.15) is 0 Å². The summed E-state index contributed by atoms with van der Waals surface area (Å²) >= 11 is 6.51. The Morgan fingerprint density at radius 1 is 1.39 bits per heavy atom. The van der Waals surface area contributed by atoms with Crippen molar-refractivity contribution in [2.24, 2.45) is 0 Å². The minimum Gasteiger partial charge on any atom is -0.496 e. The zero-order chi connectivity index (χ0) is 16.8. The number of carbonyl (C=O) groups is 2. The van der Waals surface area contributed by atoms with Gasteiger partial charge in [0.1, 0.15) is 10.1 Å². The molecule has 1 aliphatic rings. The van der Waals surface area contributed by atoms with E-state index in [9.17, 15) is 9.59 Å². The molecule has 5 nitrogen and oxygen atoms in total. The number of unbranched alkanes of at least 4 members (excludes halogenated alkanes) is 1. The standard InChI is InChI=1S/C16H17NO4S2/c1-21-12-7-3-2-6-11(12)10-13-15(20)17(16(22)23-13)9-5-4-8-14(18)19/h2-3,6-7,10H,4-5,8-9H2,1H3,(H,18,19)/b13-10-. The van der Waals surface area contributed by atoms with Crippen LogP contribution in [0.15, 0.2) is 29.2 Å². The average molecular weight is 351 g/mol. The third-order valence-corrected chi connectivity index (χ3v) is 4.70. The lowest BCUT2D eigenvalue weighted by atomic mass is 10.2. The maximum atomic E-state index is 12.4. The van der Waals surface area contributed by atoms with Crippen LogP contribution in [0.25, 0.3) is 6.08 Å². The number of para-hydroxylation sites is 1. The molecule has 1 aromatic carbocycles. The van der Waals surface area contributed by atoms with Gasteiger partial charge < -0.3 is 9.84 Å². The number of hydrogen-bond donors (Lipinski definition) is 1. The third kappa shape index (κ3) is 4.56. The fourth-order valence-electron chi connectivity index (χ4n) is 2.17. The molecular weight excluding hydrogens is 334 g/mol. The summed E-state index contributed by atoms with van der Waals surface area (Å²) in [6.07, 6.45) is 3.01. The van der Waals surface area contributed by atoms with Crippen LogP contribution >= 0.6 is 24.0 Å². The van der Waals surface area contributed by atoms with E-state index < -0.39 is 5.97 Å². The largest absolute Gasteiger partial charge is 0.496 e. The molecule has 0 aliphatic carbocycles. The highest BCUT2D eigenvalue weighted by Crippen LogP contribution is 2.34. The van der Waals surface area contributed by atoms with E-state index >= 15 is 0 Å². The summed E-state index contributed by atoms with van der Waals surface area (Å²) in [6, 6.07) is 7.45. The smallest absolute Gasteiger partial charge is 0.303 e. The van der Waals surface area contributed by atoms with Crippen molar-refractivity contribution in [1.82, 2.24) is 4.90 Å². The first-order chi connectivity index (χ1) is 11.0. The number of rotatable bonds is 7. The summed E-state index contributed by atoms with van der Waals surface area (Å²) in [5, 5.41) is 8.63. The summed E-state index contributed by atoms with van der Waals surface area (Å²) in [5.74, 6) is -0.271. The molecule has 0 saturated carbocycles. The molecule has 0 radical (unpaired) electrons. The van der Waals surface area contributed by atoms with E-state index in [2.05, 4.69) is 0 Å². The predicted octanol–water partition coefficient (Wildman–Crippen LogP) is 3.15. The van der Waals surface area contributed by atoms with Gasteiger partial charge in [0.2, 0.25) is 0 Å². The highest BCUT2D eigenvalue weighted by Gasteiger charge is 2.31. The lowest BCUT2D eigenvalue weighted by molar-refractivity contribution is -0.137. The maximum Gasteiger partial charge on any atom is 0.303 e. The summed E-state index contributed by atoms with van der Waals surface area (Å²) in [6.45, 7) is 0.446. The Hall–Kier alpha value is -1.86. The first kappa shape index (κ1) is 17.5. The van der Waals surface area contributed by atoms with Crippen molar-refractivity contribution in [2.45, 2.75) is 19.3 Å². The van der Waals surface area contributed by atoms with Crippen molar-refractivity contribution in [3.05, 3.63) is 34.7 Å². The molecule has 0 atom stereocenters. The summed E-state index contributed by atoms with van der Waals surface area (Å²) < 4.78 is 5.79. The fraction of sp³-hybridized carbons (Fsp3) is 0.312. The van der Waals surface area contributed by atoms with Crippen LogP contribution in [-0.4, -0.2) is 39.9 Å². The van der Waals surface area contributed by atoms with Crippen LogP contribution in [0.4, 0.5) is 0 Å². The average Bonchev–Trinajstić information content (AvgIpc) is 2.79. The molecule has 122 valence electrons. The highest BCUT2D eigenvalue weighted by atomic mass is 32.2. The molecule has 1 heterocycles. The van der Waals surface area contributed by atoms with E-state index in [1.165, 1.54) is 16.7 Å². The van der Waals surface area contributed by atoms with Crippen LogP contribution in [0.3, 0.4) is 0 Å². The van der Waals surface area contributed by atoms with Gasteiger partial charge in [-0.25, -0.2) is 0 Å². The van der Waals surface area contributed by atoms with Crippen molar-refractivity contribution in [2.75, 3.05) is 13.7 Å². The lowest BCUT2D eigenvalue weighted by Gasteiger charge is -2.13. The molecule has 0 aromatic heterocycles. The van der Waals surface area contributed by atoms with Gasteiger partial charge in [0, 0.05) is 18.5 Å². The number of nitrogens with zero attached hydrogens (tertiary/aromatic N) is 1. The minimum atomic E-state index is -0.827. The molecule has 1 saturated heterocycles. The van der Waals surface area contributed by atoms with Crippen molar-refractivity contribution in [1.29, 1.82) is 0 Å². The van der Waals surface area contributed by atoms with Crippen LogP contribution in [-0.2, 0) is 9.59 Å². The van der Waals surface area contributed by atoms with Crippen molar-refractivity contribution in [3.8, 4) is 5.75 Å². The van der Waals surface area contributed by atoms with E-state index in [0.29, 0.717) is 34.4 Å². The Morgan fingerprint density at radius 3 is 2.83 bits per heavy atom. The second-order valence-electron chi connectivity index (χ2n) is 4.93. The van der Waals surface area contributed by atoms with Gasteiger partial charge in [0.15, 0.2) is 0 Å². The Kier molecular flexibility index (Phi) is 6.18. The number of benzene rings is 1. The van der Waals surface area contributed by atoms with Gasteiger partial charge in [-0.05, 0) is 25.0 Å². The van der Waals surface area contributed by atoms with Crippen LogP contribution in [0.1, 0.15) is 24.8 Å². The van der Waals surface area contributed by atoms with E-state index in [0.717, 1.165) is 5.56 Å². The molecule has 7 heteroatoms. The number of aliphatic carboxylic acids is 1. The maximum absolute atomic E-state index is 12.4. The number of thiocarbonyl (C=S) groups is 1. The lowest BCUT2D eigenvalue weighted by Crippen LogP contribution is -2.29. The molecule has 0 bridgehead atoms. The number of amides is 1. The molecule has 1 N–H and O–H groups in total. The number of hydrogen-bond acceptors (Lipinski definition) is 5. The summed E-state index contributed by atoms with van der Waals surface area (Å²) in [5.41, 5.74) is 0.821. The molecular formula is C16H17NO4S2. The number of thioether (sulfide) groups is 1. The fourth-order valence-corrected chi connectivity index (χ4v) is 3.47. The topological polar surface area (TPSA) is 66.8 Å². The van der Waals surface area contributed by atoms with E-state index in [1.807, 2.05) is 24.3 Å². The quantitative estimate of drug-likeness (QED) is 0.462. The molecule has 2 rings (SSSR count). The minimum absolute atomic E-state index is 0.103. The molecule has 1 amide bonds. The van der Waals surface area contributed by atoms with Crippen molar-refractivity contribution >= 4 is 46.3 Å². The Balaban J connectivity index is 2.05. The molecule has 23 heavy (non-hydrogen) atoms. The number of carboxylic acids is 1. The van der Waals surface area contributed by atoms with Gasteiger partial charge in [-0.15, -0.1) is 0 Å². The number of carbonyl (C=O) groups excluding carboxylic acids is 1.